The van der Waals surface area contributed by atoms with Crippen LogP contribution in [0.1, 0.15) is 86.0 Å². The number of likely N-dealkylation sites (N-methyl/N-ethyl adjacent to an activating group) is 1. The summed E-state index contributed by atoms with van der Waals surface area (Å²) >= 11 is 0. The molecule has 1 saturated carbocycles. The van der Waals surface area contributed by atoms with E-state index in [0.29, 0.717) is 25.8 Å². The van der Waals surface area contributed by atoms with Crippen molar-refractivity contribution in [1.82, 2.24) is 20.9 Å². The van der Waals surface area contributed by atoms with Gasteiger partial charge in [0.25, 0.3) is 5.91 Å². The van der Waals surface area contributed by atoms with Gasteiger partial charge in [-0.15, -0.1) is 0 Å². The summed E-state index contributed by atoms with van der Waals surface area (Å²) in [6, 6.07) is -1.50. The Hall–Kier alpha value is -2.49. The maximum absolute atomic E-state index is 13.5. The number of Topliss-reactive ketones (excluding diaryl/α,β-unsaturated/α-hetero) is 2. The summed E-state index contributed by atoms with van der Waals surface area (Å²) in [6.45, 7) is 8.96. The van der Waals surface area contributed by atoms with Crippen LogP contribution in [0.3, 0.4) is 0 Å². The minimum atomic E-state index is -1.19. The Kier molecular flexibility index (Phi) is 12.4. The lowest BCUT2D eigenvalue weighted by Crippen LogP contribution is -2.64. The highest BCUT2D eigenvalue weighted by atomic mass is 16.3. The molecule has 0 spiro atoms. The van der Waals surface area contributed by atoms with E-state index in [1.54, 1.807) is 27.7 Å². The zero-order chi connectivity index (χ0) is 26.6. The zero-order valence-corrected chi connectivity index (χ0v) is 22.0. The SMILES string of the molecule is CCCC[C@H](NC(=O)C1(NC(=O)N(CC)CCO)CCCCC1)C(=O)C(=O)NCC(=O)C(C)(C)C. The van der Waals surface area contributed by atoms with Crippen molar-refractivity contribution in [2.45, 2.75) is 97.6 Å². The van der Waals surface area contributed by atoms with Gasteiger partial charge < -0.3 is 26.0 Å². The largest absolute Gasteiger partial charge is 0.395 e. The second-order valence-corrected chi connectivity index (χ2v) is 10.3. The van der Waals surface area contributed by atoms with E-state index in [4.69, 9.17) is 0 Å². The number of unbranched alkanes of at least 4 members (excludes halogenated alkanes) is 1. The first-order valence-corrected chi connectivity index (χ1v) is 12.8. The van der Waals surface area contributed by atoms with Crippen LogP contribution in [0.25, 0.3) is 0 Å². The van der Waals surface area contributed by atoms with Gasteiger partial charge in [-0.1, -0.05) is 59.8 Å². The number of rotatable bonds is 13. The van der Waals surface area contributed by atoms with Crippen LogP contribution in [0.2, 0.25) is 0 Å². The summed E-state index contributed by atoms with van der Waals surface area (Å²) in [5.41, 5.74) is -1.85. The Labute approximate surface area is 209 Å². The molecule has 200 valence electrons. The van der Waals surface area contributed by atoms with E-state index in [0.717, 1.165) is 25.7 Å². The third-order valence-electron chi connectivity index (χ3n) is 6.46. The smallest absolute Gasteiger partial charge is 0.318 e. The number of nitrogens with one attached hydrogen (secondary N) is 3. The van der Waals surface area contributed by atoms with Gasteiger partial charge in [-0.2, -0.15) is 0 Å². The van der Waals surface area contributed by atoms with Gasteiger partial charge >= 0.3 is 6.03 Å². The van der Waals surface area contributed by atoms with E-state index in [-0.39, 0.29) is 31.9 Å². The lowest BCUT2D eigenvalue weighted by molar-refractivity contribution is -0.141. The maximum atomic E-state index is 13.5. The molecular formula is C25H44N4O6. The van der Waals surface area contributed by atoms with Crippen molar-refractivity contribution in [2.75, 3.05) is 26.2 Å². The van der Waals surface area contributed by atoms with Gasteiger partial charge in [0, 0.05) is 18.5 Å². The Morgan fingerprint density at radius 3 is 2.17 bits per heavy atom. The fourth-order valence-corrected chi connectivity index (χ4v) is 4.02. The second kappa shape index (κ2) is 14.2. The summed E-state index contributed by atoms with van der Waals surface area (Å²) in [5, 5.41) is 17.2. The van der Waals surface area contributed by atoms with Gasteiger partial charge in [-0.3, -0.25) is 19.2 Å². The van der Waals surface area contributed by atoms with Crippen LogP contribution in [-0.4, -0.2) is 77.2 Å². The standard InChI is InChI=1S/C25H44N4O6/c1-6-8-12-18(20(32)21(33)26-17-19(31)24(3,4)5)27-22(34)25(13-10-9-11-14-25)28-23(35)29(7-2)15-16-30/h18,30H,6-17H2,1-5H3,(H,26,33)(H,27,34)(H,28,35)/t18-/m0/s1. The first-order chi connectivity index (χ1) is 16.4. The molecule has 1 rings (SSSR count). The van der Waals surface area contributed by atoms with Crippen LogP contribution in [0.4, 0.5) is 4.79 Å². The fraction of sp³-hybridized carbons (Fsp3) is 0.800. The summed E-state index contributed by atoms with van der Waals surface area (Å²) in [7, 11) is 0. The summed E-state index contributed by atoms with van der Waals surface area (Å²) in [4.78, 5) is 65.3. The molecule has 1 aliphatic carbocycles. The van der Waals surface area contributed by atoms with E-state index in [1.807, 2.05) is 6.92 Å². The Morgan fingerprint density at radius 1 is 1.03 bits per heavy atom. The number of urea groups is 1. The highest BCUT2D eigenvalue weighted by molar-refractivity contribution is 6.38. The summed E-state index contributed by atoms with van der Waals surface area (Å²) < 4.78 is 0. The van der Waals surface area contributed by atoms with Crippen molar-refractivity contribution in [3.05, 3.63) is 0 Å². The molecule has 0 aliphatic heterocycles. The number of amides is 4. The minimum absolute atomic E-state index is 0.144. The molecule has 0 radical (unpaired) electrons. The lowest BCUT2D eigenvalue weighted by Gasteiger charge is -2.39. The van der Waals surface area contributed by atoms with Crippen LogP contribution >= 0.6 is 0 Å². The molecule has 0 aromatic heterocycles. The molecule has 0 saturated heterocycles. The molecule has 35 heavy (non-hydrogen) atoms. The van der Waals surface area contributed by atoms with E-state index in [2.05, 4.69) is 16.0 Å². The van der Waals surface area contributed by atoms with Gasteiger partial charge in [-0.05, 0) is 26.2 Å². The van der Waals surface area contributed by atoms with E-state index in [1.165, 1.54) is 4.90 Å². The molecule has 0 unspecified atom stereocenters. The van der Waals surface area contributed by atoms with E-state index < -0.39 is 40.6 Å². The van der Waals surface area contributed by atoms with Crippen LogP contribution in [0, 0.1) is 5.41 Å². The second-order valence-electron chi connectivity index (χ2n) is 10.3. The lowest BCUT2D eigenvalue weighted by atomic mass is 9.80. The van der Waals surface area contributed by atoms with E-state index in [9.17, 15) is 29.1 Å². The number of aliphatic hydroxyl groups is 1. The molecule has 1 atom stereocenters. The van der Waals surface area contributed by atoms with Crippen LogP contribution in [0.5, 0.6) is 0 Å². The zero-order valence-electron chi connectivity index (χ0n) is 22.0. The first-order valence-electron chi connectivity index (χ1n) is 12.8. The van der Waals surface area contributed by atoms with Crippen LogP contribution in [-0.2, 0) is 19.2 Å². The molecule has 4 amide bonds. The number of hydrogen-bond acceptors (Lipinski definition) is 6. The highest BCUT2D eigenvalue weighted by Gasteiger charge is 2.43. The Morgan fingerprint density at radius 2 is 1.66 bits per heavy atom. The number of ketones is 2. The fourth-order valence-electron chi connectivity index (χ4n) is 4.02. The van der Waals surface area contributed by atoms with Crippen molar-refractivity contribution in [3.63, 3.8) is 0 Å². The average molecular weight is 497 g/mol. The van der Waals surface area contributed by atoms with Crippen molar-refractivity contribution >= 4 is 29.4 Å². The molecule has 0 bridgehead atoms. The Bertz CT molecular complexity index is 756. The van der Waals surface area contributed by atoms with Crippen molar-refractivity contribution in [2.24, 2.45) is 5.41 Å². The predicted molar refractivity (Wildman–Crippen MR) is 133 cm³/mol. The van der Waals surface area contributed by atoms with E-state index >= 15 is 0 Å². The molecule has 10 heteroatoms. The summed E-state index contributed by atoms with van der Waals surface area (Å²) in [6.07, 6.45) is 4.90. The molecule has 0 aromatic carbocycles. The average Bonchev–Trinajstić information content (AvgIpc) is 2.82. The minimum Gasteiger partial charge on any atom is -0.395 e. The third-order valence-corrected chi connectivity index (χ3v) is 6.46. The van der Waals surface area contributed by atoms with Crippen molar-refractivity contribution < 1.29 is 29.1 Å². The molecular weight excluding hydrogens is 452 g/mol. The monoisotopic (exact) mass is 496 g/mol. The van der Waals surface area contributed by atoms with Gasteiger partial charge in [0.05, 0.1) is 19.2 Å². The molecule has 0 heterocycles. The van der Waals surface area contributed by atoms with Gasteiger partial charge in [-0.25, -0.2) is 4.79 Å². The van der Waals surface area contributed by atoms with Gasteiger partial charge in [0.2, 0.25) is 11.7 Å². The van der Waals surface area contributed by atoms with Crippen LogP contribution < -0.4 is 16.0 Å². The highest BCUT2D eigenvalue weighted by Crippen LogP contribution is 2.29. The molecule has 10 nitrogen and oxygen atoms in total. The number of carbonyl (C=O) groups is 5. The van der Waals surface area contributed by atoms with Crippen LogP contribution in [0.15, 0.2) is 0 Å². The maximum Gasteiger partial charge on any atom is 0.318 e. The van der Waals surface area contributed by atoms with Gasteiger partial charge in [0.15, 0.2) is 5.78 Å². The normalized spacial score (nSPS) is 16.1. The molecule has 1 fully saturated rings. The molecule has 4 N–H and O–H groups in total. The Balaban J connectivity index is 3.02. The molecule has 1 aliphatic rings. The quantitative estimate of drug-likeness (QED) is 0.286. The predicted octanol–water partition coefficient (Wildman–Crippen LogP) is 1.69. The van der Waals surface area contributed by atoms with Crippen molar-refractivity contribution in [3.8, 4) is 0 Å². The number of hydrogen-bond donors (Lipinski definition) is 4. The third kappa shape index (κ3) is 9.23. The number of nitrogens with zero attached hydrogens (tertiary/aromatic N) is 1. The topological polar surface area (TPSA) is 145 Å². The molecule has 0 aromatic rings. The first kappa shape index (κ1) is 30.5. The van der Waals surface area contributed by atoms with Crippen molar-refractivity contribution in [1.29, 1.82) is 0 Å². The van der Waals surface area contributed by atoms with Gasteiger partial charge in [0.1, 0.15) is 5.54 Å². The number of carbonyl (C=O) groups excluding carboxylic acids is 5. The number of aliphatic hydroxyl groups excluding tert-OH is 1. The summed E-state index contributed by atoms with van der Waals surface area (Å²) in [5.74, 6) is -2.41.